The highest BCUT2D eigenvalue weighted by atomic mass is 35.5. The Kier molecular flexibility index (Phi) is 5.27. The van der Waals surface area contributed by atoms with E-state index in [1.165, 1.54) is 11.3 Å². The number of anilines is 1. The number of hydrogen-bond acceptors (Lipinski definition) is 5. The Morgan fingerprint density at radius 3 is 2.81 bits per heavy atom. The molecule has 0 radical (unpaired) electrons. The Bertz CT molecular complexity index is 973. The fourth-order valence-electron chi connectivity index (χ4n) is 2.82. The molecule has 27 heavy (non-hydrogen) atoms. The zero-order valence-electron chi connectivity index (χ0n) is 14.4. The van der Waals surface area contributed by atoms with Crippen molar-refractivity contribution in [2.75, 3.05) is 18.5 Å². The van der Waals surface area contributed by atoms with Crippen LogP contribution in [0.15, 0.2) is 48.7 Å². The lowest BCUT2D eigenvalue weighted by Gasteiger charge is -2.18. The summed E-state index contributed by atoms with van der Waals surface area (Å²) in [6, 6.07) is 13.3. The predicted molar refractivity (Wildman–Crippen MR) is 106 cm³/mol. The molecule has 1 aliphatic heterocycles. The lowest BCUT2D eigenvalue weighted by Crippen LogP contribution is -2.17. The average molecular weight is 401 g/mol. The molecule has 0 unspecified atom stereocenters. The molecule has 0 spiro atoms. The van der Waals surface area contributed by atoms with E-state index in [0.29, 0.717) is 30.5 Å². The van der Waals surface area contributed by atoms with E-state index in [0.717, 1.165) is 26.8 Å². The fourth-order valence-corrected chi connectivity index (χ4v) is 3.88. The van der Waals surface area contributed by atoms with Gasteiger partial charge in [-0.25, -0.2) is 4.98 Å². The third-order valence-electron chi connectivity index (χ3n) is 4.09. The summed E-state index contributed by atoms with van der Waals surface area (Å²) < 4.78 is 11.1. The standard InChI is InChI=1S/C20H17ClN2O3S/c21-16-4-2-1-3-14(16)11-15-12-22-20(27-15)23-19(24)10-13-5-6-17-18(9-13)26-8-7-25-17/h1-6,9,12H,7-8,10-11H2,(H,22,23,24). The molecule has 1 aromatic heterocycles. The van der Waals surface area contributed by atoms with Crippen LogP contribution in [-0.4, -0.2) is 24.1 Å². The zero-order valence-corrected chi connectivity index (χ0v) is 16.0. The number of amides is 1. The normalized spacial score (nSPS) is 12.6. The molecule has 0 saturated heterocycles. The first-order chi connectivity index (χ1) is 13.2. The number of aromatic nitrogens is 1. The molecule has 0 saturated carbocycles. The molecular formula is C20H17ClN2O3S. The highest BCUT2D eigenvalue weighted by molar-refractivity contribution is 7.15. The number of hydrogen-bond donors (Lipinski definition) is 1. The number of carbonyl (C=O) groups excluding carboxylic acids is 1. The SMILES string of the molecule is O=C(Cc1ccc2c(c1)OCCO2)Nc1ncc(Cc2ccccc2Cl)s1. The molecule has 0 aliphatic carbocycles. The van der Waals surface area contributed by atoms with E-state index in [9.17, 15) is 4.79 Å². The van der Waals surface area contributed by atoms with Crippen molar-refractivity contribution < 1.29 is 14.3 Å². The summed E-state index contributed by atoms with van der Waals surface area (Å²) in [6.07, 6.45) is 2.71. The van der Waals surface area contributed by atoms with Crippen molar-refractivity contribution in [2.24, 2.45) is 0 Å². The molecule has 4 rings (SSSR count). The summed E-state index contributed by atoms with van der Waals surface area (Å²) in [5, 5.41) is 4.17. The first-order valence-corrected chi connectivity index (χ1v) is 9.73. The molecule has 5 nitrogen and oxygen atoms in total. The highest BCUT2D eigenvalue weighted by Gasteiger charge is 2.14. The van der Waals surface area contributed by atoms with E-state index < -0.39 is 0 Å². The maximum Gasteiger partial charge on any atom is 0.230 e. The van der Waals surface area contributed by atoms with Crippen LogP contribution in [0.5, 0.6) is 11.5 Å². The van der Waals surface area contributed by atoms with E-state index in [2.05, 4.69) is 10.3 Å². The van der Waals surface area contributed by atoms with Gasteiger partial charge in [0, 0.05) is 22.5 Å². The van der Waals surface area contributed by atoms with Gasteiger partial charge in [-0.15, -0.1) is 11.3 Å². The van der Waals surface area contributed by atoms with E-state index in [4.69, 9.17) is 21.1 Å². The van der Waals surface area contributed by atoms with E-state index in [1.807, 2.05) is 42.5 Å². The molecule has 0 atom stereocenters. The molecule has 1 N–H and O–H groups in total. The van der Waals surface area contributed by atoms with Crippen molar-refractivity contribution >= 4 is 34.0 Å². The predicted octanol–water partition coefficient (Wildman–Crippen LogP) is 4.34. The zero-order chi connectivity index (χ0) is 18.6. The summed E-state index contributed by atoms with van der Waals surface area (Å²) in [6.45, 7) is 1.07. The monoisotopic (exact) mass is 400 g/mol. The largest absolute Gasteiger partial charge is 0.486 e. The molecule has 0 bridgehead atoms. The molecule has 7 heteroatoms. The van der Waals surface area contributed by atoms with Crippen molar-refractivity contribution in [3.63, 3.8) is 0 Å². The van der Waals surface area contributed by atoms with Gasteiger partial charge in [0.25, 0.3) is 0 Å². The second kappa shape index (κ2) is 7.98. The molecule has 3 aromatic rings. The van der Waals surface area contributed by atoms with Crippen molar-refractivity contribution in [3.05, 3.63) is 69.7 Å². The maximum absolute atomic E-state index is 12.3. The first-order valence-electron chi connectivity index (χ1n) is 8.54. The molecule has 2 aromatic carbocycles. The number of nitrogens with one attached hydrogen (secondary N) is 1. The lowest BCUT2D eigenvalue weighted by molar-refractivity contribution is -0.115. The van der Waals surface area contributed by atoms with Crippen LogP contribution in [0.1, 0.15) is 16.0 Å². The van der Waals surface area contributed by atoms with Gasteiger partial charge >= 0.3 is 0 Å². The number of ether oxygens (including phenoxy) is 2. The number of rotatable bonds is 5. The van der Waals surface area contributed by atoms with E-state index in [-0.39, 0.29) is 12.3 Å². The Morgan fingerprint density at radius 1 is 1.15 bits per heavy atom. The van der Waals surface area contributed by atoms with Gasteiger partial charge in [0.2, 0.25) is 5.91 Å². The summed E-state index contributed by atoms with van der Waals surface area (Å²) in [7, 11) is 0. The van der Waals surface area contributed by atoms with Gasteiger partial charge in [0.05, 0.1) is 6.42 Å². The average Bonchev–Trinajstić information content (AvgIpc) is 3.10. The van der Waals surface area contributed by atoms with Crippen molar-refractivity contribution in [1.82, 2.24) is 4.98 Å². The van der Waals surface area contributed by atoms with Crippen LogP contribution < -0.4 is 14.8 Å². The summed E-state index contributed by atoms with van der Waals surface area (Å²) in [5.74, 6) is 1.28. The fraction of sp³-hybridized carbons (Fsp3) is 0.200. The van der Waals surface area contributed by atoms with E-state index >= 15 is 0 Å². The minimum Gasteiger partial charge on any atom is -0.486 e. The number of carbonyl (C=O) groups is 1. The first kappa shape index (κ1) is 17.8. The Labute approximate surface area is 165 Å². The summed E-state index contributed by atoms with van der Waals surface area (Å²) in [4.78, 5) is 17.7. The summed E-state index contributed by atoms with van der Waals surface area (Å²) in [5.41, 5.74) is 1.90. The quantitative estimate of drug-likeness (QED) is 0.692. The minimum atomic E-state index is -0.120. The lowest BCUT2D eigenvalue weighted by atomic mass is 10.1. The van der Waals surface area contributed by atoms with Gasteiger partial charge < -0.3 is 14.8 Å². The topological polar surface area (TPSA) is 60.5 Å². The van der Waals surface area contributed by atoms with Crippen molar-refractivity contribution in [3.8, 4) is 11.5 Å². The number of nitrogens with zero attached hydrogens (tertiary/aromatic N) is 1. The number of benzene rings is 2. The highest BCUT2D eigenvalue weighted by Crippen LogP contribution is 2.31. The summed E-state index contributed by atoms with van der Waals surface area (Å²) >= 11 is 7.65. The molecular weight excluding hydrogens is 384 g/mol. The number of thiazole rings is 1. The molecule has 1 aliphatic rings. The number of fused-ring (bicyclic) bond motifs is 1. The third kappa shape index (κ3) is 4.40. The number of halogens is 1. The maximum atomic E-state index is 12.3. The molecule has 2 heterocycles. The van der Waals surface area contributed by atoms with Crippen LogP contribution in [0, 0.1) is 0 Å². The van der Waals surface area contributed by atoms with Gasteiger partial charge in [0.1, 0.15) is 13.2 Å². The Hall–Kier alpha value is -2.57. The van der Waals surface area contributed by atoms with Gasteiger partial charge in [-0.1, -0.05) is 35.9 Å². The second-order valence-corrected chi connectivity index (χ2v) is 7.63. The van der Waals surface area contributed by atoms with Gasteiger partial charge in [-0.2, -0.15) is 0 Å². The van der Waals surface area contributed by atoms with Gasteiger partial charge in [0.15, 0.2) is 16.6 Å². The van der Waals surface area contributed by atoms with Crippen molar-refractivity contribution in [2.45, 2.75) is 12.8 Å². The Morgan fingerprint density at radius 2 is 1.96 bits per heavy atom. The van der Waals surface area contributed by atoms with Crippen LogP contribution in [0.2, 0.25) is 5.02 Å². The third-order valence-corrected chi connectivity index (χ3v) is 5.38. The van der Waals surface area contributed by atoms with Crippen LogP contribution in [-0.2, 0) is 17.6 Å². The van der Waals surface area contributed by atoms with Gasteiger partial charge in [-0.05, 0) is 29.3 Å². The van der Waals surface area contributed by atoms with Crippen LogP contribution in [0.4, 0.5) is 5.13 Å². The molecule has 138 valence electrons. The minimum absolute atomic E-state index is 0.120. The van der Waals surface area contributed by atoms with Crippen molar-refractivity contribution in [1.29, 1.82) is 0 Å². The van der Waals surface area contributed by atoms with Crippen LogP contribution in [0.3, 0.4) is 0 Å². The van der Waals surface area contributed by atoms with E-state index in [1.54, 1.807) is 6.20 Å². The van der Waals surface area contributed by atoms with Crippen LogP contribution in [0.25, 0.3) is 0 Å². The second-order valence-electron chi connectivity index (χ2n) is 6.10. The Balaban J connectivity index is 1.37. The smallest absolute Gasteiger partial charge is 0.230 e. The molecule has 1 amide bonds. The van der Waals surface area contributed by atoms with Crippen LogP contribution >= 0.6 is 22.9 Å². The van der Waals surface area contributed by atoms with Gasteiger partial charge in [-0.3, -0.25) is 4.79 Å². The molecule has 0 fully saturated rings.